The van der Waals surface area contributed by atoms with Crippen molar-refractivity contribution >= 4 is 15.7 Å². The first kappa shape index (κ1) is 11.5. The average molecular weight is 224 g/mol. The maximum absolute atomic E-state index is 11.3. The summed E-state index contributed by atoms with van der Waals surface area (Å²) in [6, 6.07) is 7.00. The monoisotopic (exact) mass is 224 g/mol. The van der Waals surface area contributed by atoms with Crippen molar-refractivity contribution in [3.63, 3.8) is 0 Å². The van der Waals surface area contributed by atoms with Gasteiger partial charge < -0.3 is 0 Å². The molecular formula is C10H12N2O2S. The van der Waals surface area contributed by atoms with Crippen LogP contribution < -0.4 is 4.72 Å². The van der Waals surface area contributed by atoms with Gasteiger partial charge in [-0.2, -0.15) is 5.26 Å². The van der Waals surface area contributed by atoms with Crippen LogP contribution in [0.15, 0.2) is 18.2 Å². The second-order valence-corrected chi connectivity index (χ2v) is 5.12. The van der Waals surface area contributed by atoms with E-state index in [1.54, 1.807) is 18.2 Å². The van der Waals surface area contributed by atoms with Crippen LogP contribution in [-0.2, 0) is 10.0 Å². The molecule has 1 N–H and O–H groups in total. The summed E-state index contributed by atoms with van der Waals surface area (Å²) in [7, 11) is -3.53. The lowest BCUT2D eigenvalue weighted by Crippen LogP contribution is -2.15. The van der Waals surface area contributed by atoms with Gasteiger partial charge in [-0.3, -0.25) is 4.72 Å². The van der Waals surface area contributed by atoms with E-state index in [9.17, 15) is 8.42 Å². The molecule has 0 aromatic heterocycles. The van der Waals surface area contributed by atoms with Gasteiger partial charge in [0.1, 0.15) is 0 Å². The van der Waals surface area contributed by atoms with Crippen LogP contribution in [-0.4, -0.2) is 14.2 Å². The van der Waals surface area contributed by atoms with Crippen molar-refractivity contribution in [3.8, 4) is 6.07 Å². The van der Waals surface area contributed by atoms with Crippen molar-refractivity contribution in [2.45, 2.75) is 13.8 Å². The lowest BCUT2D eigenvalue weighted by molar-refractivity contribution is 0.604. The van der Waals surface area contributed by atoms with Gasteiger partial charge in [0, 0.05) is 5.69 Å². The van der Waals surface area contributed by atoms with E-state index in [1.165, 1.54) is 0 Å². The van der Waals surface area contributed by atoms with Crippen molar-refractivity contribution in [2.75, 3.05) is 10.5 Å². The van der Waals surface area contributed by atoms with Crippen molar-refractivity contribution in [2.24, 2.45) is 0 Å². The molecule has 0 aliphatic rings. The maximum atomic E-state index is 11.3. The second kappa shape index (κ2) is 4.32. The van der Waals surface area contributed by atoms with E-state index < -0.39 is 15.8 Å². The van der Waals surface area contributed by atoms with Crippen LogP contribution >= 0.6 is 0 Å². The molecule has 0 heterocycles. The van der Waals surface area contributed by atoms with Crippen LogP contribution in [0.1, 0.15) is 11.1 Å². The summed E-state index contributed by atoms with van der Waals surface area (Å²) < 4.78 is 24.9. The third-order valence-electron chi connectivity index (χ3n) is 1.75. The smallest absolute Gasteiger partial charge is 0.246 e. The topological polar surface area (TPSA) is 70.0 Å². The molecule has 80 valence electrons. The lowest BCUT2D eigenvalue weighted by atomic mass is 10.1. The standard InChI is InChI=1S/C10H12N2O2S/c1-8-5-9(2)7-10(6-8)12-15(13,14)4-3-11/h5-7,12H,4H2,1-2H3. The summed E-state index contributed by atoms with van der Waals surface area (Å²) in [5, 5.41) is 8.32. The predicted molar refractivity (Wildman–Crippen MR) is 58.9 cm³/mol. The first-order valence-electron chi connectivity index (χ1n) is 4.39. The Bertz CT molecular complexity index is 480. The molecule has 0 fully saturated rings. The molecule has 4 nitrogen and oxygen atoms in total. The molecule has 0 saturated heterocycles. The molecule has 1 rings (SSSR count). The molecule has 1 aromatic rings. The van der Waals surface area contributed by atoms with Crippen LogP contribution in [0.5, 0.6) is 0 Å². The summed E-state index contributed by atoms with van der Waals surface area (Å²) in [6.45, 7) is 3.77. The molecule has 0 saturated carbocycles. The third-order valence-corrected chi connectivity index (χ3v) is 2.81. The zero-order chi connectivity index (χ0) is 11.5. The quantitative estimate of drug-likeness (QED) is 0.847. The predicted octanol–water partition coefficient (Wildman–Crippen LogP) is 1.57. The number of nitrogens with zero attached hydrogens (tertiary/aromatic N) is 1. The van der Waals surface area contributed by atoms with Crippen molar-refractivity contribution < 1.29 is 8.42 Å². The molecule has 0 atom stereocenters. The Kier molecular flexibility index (Phi) is 3.32. The highest BCUT2D eigenvalue weighted by atomic mass is 32.2. The molecule has 5 heteroatoms. The number of aryl methyl sites for hydroxylation is 2. The summed E-state index contributed by atoms with van der Waals surface area (Å²) in [5.74, 6) is -0.528. The Morgan fingerprint density at radius 3 is 2.27 bits per heavy atom. The number of anilines is 1. The van der Waals surface area contributed by atoms with E-state index in [0.717, 1.165) is 11.1 Å². The van der Waals surface area contributed by atoms with E-state index >= 15 is 0 Å². The SMILES string of the molecule is Cc1cc(C)cc(NS(=O)(=O)CC#N)c1. The van der Waals surface area contributed by atoms with Crippen molar-refractivity contribution in [3.05, 3.63) is 29.3 Å². The highest BCUT2D eigenvalue weighted by Crippen LogP contribution is 2.14. The van der Waals surface area contributed by atoms with Gasteiger partial charge in [-0.25, -0.2) is 8.42 Å². The Balaban J connectivity index is 2.96. The number of sulfonamides is 1. The lowest BCUT2D eigenvalue weighted by Gasteiger charge is -2.07. The van der Waals surface area contributed by atoms with Gasteiger partial charge in [0.05, 0.1) is 6.07 Å². The largest absolute Gasteiger partial charge is 0.283 e. The first-order chi connectivity index (χ1) is 6.93. The van der Waals surface area contributed by atoms with Crippen molar-refractivity contribution in [1.82, 2.24) is 0 Å². The third kappa shape index (κ3) is 3.60. The van der Waals surface area contributed by atoms with E-state index in [-0.39, 0.29) is 0 Å². The van der Waals surface area contributed by atoms with Gasteiger partial charge in [0.25, 0.3) is 0 Å². The zero-order valence-electron chi connectivity index (χ0n) is 8.61. The molecule has 0 aliphatic heterocycles. The van der Waals surface area contributed by atoms with Gasteiger partial charge in [0.15, 0.2) is 5.75 Å². The fraction of sp³-hybridized carbons (Fsp3) is 0.300. The Morgan fingerprint density at radius 1 is 1.27 bits per heavy atom. The summed E-state index contributed by atoms with van der Waals surface area (Å²) >= 11 is 0. The number of rotatable bonds is 3. The van der Waals surface area contributed by atoms with Crippen LogP contribution in [0.25, 0.3) is 0 Å². The highest BCUT2D eigenvalue weighted by molar-refractivity contribution is 7.92. The van der Waals surface area contributed by atoms with E-state index in [4.69, 9.17) is 5.26 Å². The highest BCUT2D eigenvalue weighted by Gasteiger charge is 2.09. The summed E-state index contributed by atoms with van der Waals surface area (Å²) in [4.78, 5) is 0. The minimum absolute atomic E-state index is 0.503. The maximum Gasteiger partial charge on any atom is 0.246 e. The van der Waals surface area contributed by atoms with Gasteiger partial charge in [0.2, 0.25) is 10.0 Å². The fourth-order valence-corrected chi connectivity index (χ4v) is 2.05. The van der Waals surface area contributed by atoms with Gasteiger partial charge in [-0.1, -0.05) is 6.07 Å². The van der Waals surface area contributed by atoms with Crippen LogP contribution in [0, 0.1) is 25.2 Å². The molecule has 0 unspecified atom stereocenters. The minimum atomic E-state index is -3.53. The van der Waals surface area contributed by atoms with Crippen LogP contribution in [0.2, 0.25) is 0 Å². The molecule has 0 amide bonds. The Labute approximate surface area is 89.6 Å². The van der Waals surface area contributed by atoms with E-state index in [2.05, 4.69) is 4.72 Å². The Hall–Kier alpha value is -1.54. The van der Waals surface area contributed by atoms with Gasteiger partial charge >= 0.3 is 0 Å². The molecular weight excluding hydrogens is 212 g/mol. The molecule has 0 spiro atoms. The van der Waals surface area contributed by atoms with E-state index in [1.807, 2.05) is 19.9 Å². The minimum Gasteiger partial charge on any atom is -0.283 e. The van der Waals surface area contributed by atoms with E-state index in [0.29, 0.717) is 5.69 Å². The number of nitriles is 1. The summed E-state index contributed by atoms with van der Waals surface area (Å²) in [5.41, 5.74) is 2.46. The molecule has 15 heavy (non-hydrogen) atoms. The number of nitrogens with one attached hydrogen (secondary N) is 1. The van der Waals surface area contributed by atoms with Crippen LogP contribution in [0.4, 0.5) is 5.69 Å². The number of hydrogen-bond donors (Lipinski definition) is 1. The molecule has 0 aliphatic carbocycles. The zero-order valence-corrected chi connectivity index (χ0v) is 9.43. The number of hydrogen-bond acceptors (Lipinski definition) is 3. The van der Waals surface area contributed by atoms with Crippen LogP contribution in [0.3, 0.4) is 0 Å². The molecule has 0 bridgehead atoms. The fourth-order valence-electron chi connectivity index (χ4n) is 1.33. The normalized spacial score (nSPS) is 10.7. The molecule has 1 aromatic carbocycles. The number of benzene rings is 1. The van der Waals surface area contributed by atoms with Crippen molar-refractivity contribution in [1.29, 1.82) is 5.26 Å². The Morgan fingerprint density at radius 2 is 1.80 bits per heavy atom. The molecule has 0 radical (unpaired) electrons. The average Bonchev–Trinajstić information content (AvgIpc) is 1.99. The van der Waals surface area contributed by atoms with Gasteiger partial charge in [-0.15, -0.1) is 0 Å². The van der Waals surface area contributed by atoms with Gasteiger partial charge in [-0.05, 0) is 37.1 Å². The second-order valence-electron chi connectivity index (χ2n) is 3.40. The first-order valence-corrected chi connectivity index (χ1v) is 6.04. The summed E-state index contributed by atoms with van der Waals surface area (Å²) in [6.07, 6.45) is 0.